The van der Waals surface area contributed by atoms with Crippen molar-refractivity contribution in [3.63, 3.8) is 0 Å². The number of halogens is 1. The molecule has 1 aliphatic carbocycles. The first kappa shape index (κ1) is 46.2. The number of benzene rings is 2. The van der Waals surface area contributed by atoms with Gasteiger partial charge in [0, 0.05) is 35.8 Å². The van der Waals surface area contributed by atoms with Gasteiger partial charge < -0.3 is 15.4 Å². The number of amides is 2. The van der Waals surface area contributed by atoms with Crippen LogP contribution in [0.15, 0.2) is 78.4 Å². The summed E-state index contributed by atoms with van der Waals surface area (Å²) in [5.74, 6) is -3.54. The highest BCUT2D eigenvalue weighted by atomic mass is 32.2. The van der Waals surface area contributed by atoms with Crippen LogP contribution in [0.3, 0.4) is 0 Å². The number of allylic oxidation sites excluding steroid dienone is 2. The van der Waals surface area contributed by atoms with E-state index in [9.17, 15) is 32.4 Å². The number of carbonyl (C=O) groups is 5. The Kier molecular flexibility index (Phi) is 15.6. The van der Waals surface area contributed by atoms with Crippen molar-refractivity contribution in [1.29, 1.82) is 0 Å². The van der Waals surface area contributed by atoms with E-state index in [4.69, 9.17) is 4.74 Å². The molecule has 0 saturated carbocycles. The molecule has 2 aromatic carbocycles. The first-order valence-corrected chi connectivity index (χ1v) is 21.2. The second kappa shape index (κ2) is 20.0. The van der Waals surface area contributed by atoms with Gasteiger partial charge in [-0.05, 0) is 96.7 Å². The molecule has 2 unspecified atom stereocenters. The Bertz CT molecular complexity index is 2180. The van der Waals surface area contributed by atoms with Crippen LogP contribution in [-0.4, -0.2) is 55.4 Å². The Balaban J connectivity index is 1.49. The predicted octanol–water partition coefficient (Wildman–Crippen LogP) is 7.50. The Morgan fingerprint density at radius 2 is 1.75 bits per heavy atom. The zero-order valence-electron chi connectivity index (χ0n) is 34.8. The van der Waals surface area contributed by atoms with Gasteiger partial charge in [0.1, 0.15) is 17.6 Å². The van der Waals surface area contributed by atoms with Crippen LogP contribution in [0.1, 0.15) is 94.9 Å². The molecule has 0 radical (unpaired) electrons. The van der Waals surface area contributed by atoms with E-state index < -0.39 is 50.7 Å². The molecule has 1 aromatic heterocycles. The highest BCUT2D eigenvalue weighted by molar-refractivity contribution is 7.92. The molecule has 1 heterocycles. The molecule has 0 spiro atoms. The molecule has 14 heteroatoms. The summed E-state index contributed by atoms with van der Waals surface area (Å²) < 4.78 is 50.1. The molecule has 0 aliphatic heterocycles. The third-order valence-electron chi connectivity index (χ3n) is 10.2. The molecule has 3 aromatic rings. The second-order valence-corrected chi connectivity index (χ2v) is 18.2. The number of esters is 1. The van der Waals surface area contributed by atoms with E-state index in [1.54, 1.807) is 32.9 Å². The van der Waals surface area contributed by atoms with E-state index in [2.05, 4.69) is 26.9 Å². The molecule has 1 aliphatic rings. The van der Waals surface area contributed by atoms with Crippen LogP contribution in [0.2, 0.25) is 0 Å². The van der Waals surface area contributed by atoms with Crippen molar-refractivity contribution in [2.45, 2.75) is 91.5 Å². The lowest BCUT2D eigenvalue weighted by atomic mass is 9.81. The summed E-state index contributed by atoms with van der Waals surface area (Å²) in [6.45, 7) is 16.9. The lowest BCUT2D eigenvalue weighted by Gasteiger charge is -2.22. The number of ether oxygens (including phenoxy) is 1. The van der Waals surface area contributed by atoms with Crippen LogP contribution in [0.5, 0.6) is 0 Å². The molecule has 316 valence electrons. The van der Waals surface area contributed by atoms with Crippen molar-refractivity contribution in [3.05, 3.63) is 102 Å². The van der Waals surface area contributed by atoms with Gasteiger partial charge in [-0.1, -0.05) is 73.3 Å². The largest absolute Gasteiger partial charge is 0.464 e. The zero-order valence-corrected chi connectivity index (χ0v) is 35.6. The maximum absolute atomic E-state index is 15.7. The van der Waals surface area contributed by atoms with E-state index in [0.29, 0.717) is 42.6 Å². The predicted molar refractivity (Wildman–Crippen MR) is 225 cm³/mol. The molecule has 3 N–H and O–H groups in total. The van der Waals surface area contributed by atoms with Crippen molar-refractivity contribution in [2.75, 3.05) is 16.6 Å². The van der Waals surface area contributed by atoms with Crippen molar-refractivity contribution in [2.24, 2.45) is 29.1 Å². The van der Waals surface area contributed by atoms with Gasteiger partial charge in [0.2, 0.25) is 5.91 Å². The molecular formula is C45H55FN4O8S. The number of Topliss-reactive ketones (excluding diaryl/α,β-unsaturated/α-hetero) is 1. The molecular weight excluding hydrogens is 776 g/mol. The molecule has 4 rings (SSSR count). The average molecular weight is 831 g/mol. The number of ketones is 2. The quantitative estimate of drug-likeness (QED) is 0.0975. The number of sulfonamides is 1. The number of carbonyl (C=O) groups excluding carboxylic acids is 5. The molecule has 2 amide bonds. The van der Waals surface area contributed by atoms with Gasteiger partial charge in [-0.15, -0.1) is 0 Å². The number of hydrogen-bond acceptors (Lipinski definition) is 9. The number of rotatable bonds is 16. The SMILES string of the molecule is C=Cc1cc(C(=O)N[C@@H](Cc2ccc(CC[C@H]3C(=O)C=CC(C)C(C)CC3=O)nc2)C(=O)OCCC(C)C)c(F)cc1NS(=O)(=O)c1ccc(NC(=O)C(C)(C)C)cc1. The topological polar surface area (TPSA) is 178 Å². The molecule has 12 nitrogen and oxygen atoms in total. The Hall–Kier alpha value is -5.50. The van der Waals surface area contributed by atoms with Crippen molar-refractivity contribution in [1.82, 2.24) is 10.3 Å². The first-order valence-electron chi connectivity index (χ1n) is 19.7. The highest BCUT2D eigenvalue weighted by Gasteiger charge is 2.30. The fourth-order valence-electron chi connectivity index (χ4n) is 6.10. The van der Waals surface area contributed by atoms with Crippen LogP contribution in [-0.2, 0) is 46.8 Å². The van der Waals surface area contributed by atoms with Crippen molar-refractivity contribution in [3.8, 4) is 0 Å². The van der Waals surface area contributed by atoms with Crippen LogP contribution in [0.4, 0.5) is 15.8 Å². The standard InChI is InChI=1S/C45H55FN4O8S/c1-9-31-24-36(37(46)25-38(31)50-59(56,57)34-16-13-33(14-17-34)48-44(55)45(6,7)8)42(53)49-39(43(54)58-21-20-27(2)3)23-30-11-12-32(47-26-30)15-18-35-40(51)19-10-28(4)29(5)22-41(35)52/h9-14,16-17,19,24-29,35,39,50H,1,15,18,20-23H2,2-8H3,(H,48,55)(H,49,53)/t28?,29?,35-,39-/m0/s1. The molecule has 0 bridgehead atoms. The van der Waals surface area contributed by atoms with Gasteiger partial charge in [0.15, 0.2) is 5.78 Å². The van der Waals surface area contributed by atoms with E-state index in [-0.39, 0.29) is 64.4 Å². The first-order chi connectivity index (χ1) is 27.7. The average Bonchev–Trinajstić information content (AvgIpc) is 3.16. The van der Waals surface area contributed by atoms with Gasteiger partial charge in [0.25, 0.3) is 15.9 Å². The summed E-state index contributed by atoms with van der Waals surface area (Å²) in [5.41, 5.74) is 0.368. The summed E-state index contributed by atoms with van der Waals surface area (Å²) in [7, 11) is -4.25. The van der Waals surface area contributed by atoms with Gasteiger partial charge in [-0.25, -0.2) is 17.6 Å². The normalized spacial score (nSPS) is 17.7. The summed E-state index contributed by atoms with van der Waals surface area (Å²) in [6, 6.07) is 9.63. The summed E-state index contributed by atoms with van der Waals surface area (Å²) in [6.07, 6.45) is 7.69. The number of aryl methyl sites for hydroxylation is 1. The number of nitrogens with one attached hydrogen (secondary N) is 3. The number of hydrogen-bond donors (Lipinski definition) is 3. The highest BCUT2D eigenvalue weighted by Crippen LogP contribution is 2.28. The number of aromatic nitrogens is 1. The van der Waals surface area contributed by atoms with Crippen LogP contribution in [0.25, 0.3) is 6.08 Å². The van der Waals surface area contributed by atoms with Gasteiger partial charge in [0.05, 0.1) is 28.7 Å². The minimum absolute atomic E-state index is 0.0491. The monoisotopic (exact) mass is 830 g/mol. The maximum Gasteiger partial charge on any atom is 0.328 e. The van der Waals surface area contributed by atoms with E-state index >= 15 is 4.39 Å². The zero-order chi connectivity index (χ0) is 43.7. The van der Waals surface area contributed by atoms with Crippen LogP contribution < -0.4 is 15.4 Å². The Morgan fingerprint density at radius 1 is 1.05 bits per heavy atom. The lowest BCUT2D eigenvalue weighted by Crippen LogP contribution is -2.43. The van der Waals surface area contributed by atoms with E-state index in [0.717, 1.165) is 12.1 Å². The lowest BCUT2D eigenvalue weighted by molar-refractivity contribution is -0.146. The molecule has 4 atom stereocenters. The van der Waals surface area contributed by atoms with Crippen LogP contribution in [0, 0.1) is 34.9 Å². The number of nitrogens with zero attached hydrogens (tertiary/aromatic N) is 1. The number of anilines is 2. The smallest absolute Gasteiger partial charge is 0.328 e. The van der Waals surface area contributed by atoms with E-state index in [1.165, 1.54) is 42.6 Å². The van der Waals surface area contributed by atoms with Crippen molar-refractivity contribution >= 4 is 56.8 Å². The number of pyridine rings is 1. The Morgan fingerprint density at radius 3 is 2.36 bits per heavy atom. The van der Waals surface area contributed by atoms with Gasteiger partial charge in [-0.2, -0.15) is 0 Å². The Labute approximate surface area is 346 Å². The van der Waals surface area contributed by atoms with Crippen LogP contribution >= 0.6 is 0 Å². The van der Waals surface area contributed by atoms with Gasteiger partial charge in [-0.3, -0.25) is 28.9 Å². The van der Waals surface area contributed by atoms with E-state index in [1.807, 2.05) is 33.8 Å². The van der Waals surface area contributed by atoms with Crippen molar-refractivity contribution < 1.29 is 41.5 Å². The molecule has 0 fully saturated rings. The second-order valence-electron chi connectivity index (χ2n) is 16.6. The maximum atomic E-state index is 15.7. The summed E-state index contributed by atoms with van der Waals surface area (Å²) in [4.78, 5) is 69.3. The van der Waals surface area contributed by atoms with Gasteiger partial charge >= 0.3 is 5.97 Å². The fourth-order valence-corrected chi connectivity index (χ4v) is 7.18. The molecule has 0 saturated heterocycles. The fraction of sp³-hybridized carbons (Fsp3) is 0.422. The summed E-state index contributed by atoms with van der Waals surface area (Å²) in [5, 5.41) is 5.30. The minimum atomic E-state index is -4.25. The molecule has 59 heavy (non-hydrogen) atoms. The third-order valence-corrected chi connectivity index (χ3v) is 11.6. The third kappa shape index (κ3) is 13.0. The summed E-state index contributed by atoms with van der Waals surface area (Å²) >= 11 is 0. The minimum Gasteiger partial charge on any atom is -0.464 e.